The zero-order valence-electron chi connectivity index (χ0n) is 10.2. The van der Waals surface area contributed by atoms with E-state index < -0.39 is 0 Å². The van der Waals surface area contributed by atoms with Gasteiger partial charge in [-0.3, -0.25) is 0 Å². The van der Waals surface area contributed by atoms with Gasteiger partial charge in [0.2, 0.25) is 0 Å². The Kier molecular flexibility index (Phi) is 4.39. The largest absolute Gasteiger partial charge is 0.313 e. The summed E-state index contributed by atoms with van der Waals surface area (Å²) >= 11 is 2.24. The molecule has 88 valence electrons. The predicted octanol–water partition coefficient (Wildman–Crippen LogP) is 3.30. The van der Waals surface area contributed by atoms with E-state index in [4.69, 9.17) is 0 Å². The minimum absolute atomic E-state index is 0.827. The van der Waals surface area contributed by atoms with Crippen LogP contribution in [-0.2, 0) is 0 Å². The fraction of sp³-hybridized carbons (Fsp3) is 1.00. The molecule has 0 bridgehead atoms. The normalized spacial score (nSPS) is 42.0. The van der Waals surface area contributed by atoms with Gasteiger partial charge in [0, 0.05) is 11.3 Å². The molecule has 0 spiro atoms. The van der Waals surface area contributed by atoms with Gasteiger partial charge in [-0.25, -0.2) is 0 Å². The highest BCUT2D eigenvalue weighted by atomic mass is 32.2. The third-order valence-electron chi connectivity index (χ3n) is 3.92. The molecule has 0 aromatic heterocycles. The topological polar surface area (TPSA) is 12.0 Å². The Morgan fingerprint density at radius 1 is 1.33 bits per heavy atom. The number of nitrogens with one attached hydrogen (secondary N) is 1. The lowest BCUT2D eigenvalue weighted by atomic mass is 9.83. The van der Waals surface area contributed by atoms with Gasteiger partial charge in [0.25, 0.3) is 0 Å². The molecular formula is C13H25NS. The van der Waals surface area contributed by atoms with Crippen LogP contribution in [0, 0.1) is 11.8 Å². The van der Waals surface area contributed by atoms with Gasteiger partial charge >= 0.3 is 0 Å². The molecule has 1 aliphatic heterocycles. The monoisotopic (exact) mass is 227 g/mol. The van der Waals surface area contributed by atoms with Crippen LogP contribution in [0.5, 0.6) is 0 Å². The van der Waals surface area contributed by atoms with Gasteiger partial charge in [0.1, 0.15) is 0 Å². The maximum atomic E-state index is 3.78. The predicted molar refractivity (Wildman–Crippen MR) is 69.4 cm³/mol. The van der Waals surface area contributed by atoms with Gasteiger partial charge in [-0.2, -0.15) is 11.8 Å². The van der Waals surface area contributed by atoms with E-state index >= 15 is 0 Å². The van der Waals surface area contributed by atoms with Crippen LogP contribution < -0.4 is 5.32 Å². The summed E-state index contributed by atoms with van der Waals surface area (Å²) in [5.41, 5.74) is 0. The van der Waals surface area contributed by atoms with Crippen molar-refractivity contribution in [3.05, 3.63) is 0 Å². The summed E-state index contributed by atoms with van der Waals surface area (Å²) in [5.74, 6) is 3.26. The first-order valence-corrected chi connectivity index (χ1v) is 7.69. The molecule has 0 aromatic rings. The molecule has 1 saturated heterocycles. The summed E-state index contributed by atoms with van der Waals surface area (Å²) in [5, 5.41) is 4.69. The summed E-state index contributed by atoms with van der Waals surface area (Å²) in [6.07, 6.45) is 7.20. The van der Waals surface area contributed by atoms with E-state index in [9.17, 15) is 0 Å². The lowest BCUT2D eigenvalue weighted by Gasteiger charge is -2.35. The third-order valence-corrected chi connectivity index (χ3v) is 5.63. The average Bonchev–Trinajstić information content (AvgIpc) is 2.42. The smallest absolute Gasteiger partial charge is 0.0203 e. The van der Waals surface area contributed by atoms with Gasteiger partial charge in [-0.05, 0) is 43.4 Å². The van der Waals surface area contributed by atoms with Gasteiger partial charge in [-0.15, -0.1) is 0 Å². The van der Waals surface area contributed by atoms with E-state index in [-0.39, 0.29) is 0 Å². The highest BCUT2D eigenvalue weighted by Gasteiger charge is 2.32. The summed E-state index contributed by atoms with van der Waals surface area (Å²) in [6.45, 7) is 5.94. The fourth-order valence-electron chi connectivity index (χ4n) is 3.00. The van der Waals surface area contributed by atoms with Crippen LogP contribution in [0.4, 0.5) is 0 Å². The molecule has 1 heterocycles. The van der Waals surface area contributed by atoms with Crippen molar-refractivity contribution in [3.63, 3.8) is 0 Å². The van der Waals surface area contributed by atoms with Crippen molar-refractivity contribution in [2.24, 2.45) is 11.8 Å². The minimum atomic E-state index is 0.827. The number of hydrogen-bond acceptors (Lipinski definition) is 2. The van der Waals surface area contributed by atoms with Gasteiger partial charge < -0.3 is 5.32 Å². The molecule has 2 aliphatic rings. The molecule has 1 nitrogen and oxygen atoms in total. The highest BCUT2D eigenvalue weighted by molar-refractivity contribution is 8.00. The first-order valence-electron chi connectivity index (χ1n) is 6.64. The standard InChI is InChI=1S/C13H25NS/c1-3-4-11-5-6-12-13(7-11)15-9-10(2)8-14-12/h10-14H,3-9H2,1-2H3. The van der Waals surface area contributed by atoms with E-state index in [1.54, 1.807) is 0 Å². The van der Waals surface area contributed by atoms with E-state index in [2.05, 4.69) is 30.9 Å². The van der Waals surface area contributed by atoms with Crippen LogP contribution in [0.15, 0.2) is 0 Å². The van der Waals surface area contributed by atoms with Crippen molar-refractivity contribution >= 4 is 11.8 Å². The Balaban J connectivity index is 1.88. The SMILES string of the molecule is CCCC1CCC2NCC(C)CSC2C1. The zero-order chi connectivity index (χ0) is 10.7. The van der Waals surface area contributed by atoms with Crippen molar-refractivity contribution in [2.75, 3.05) is 12.3 Å². The maximum Gasteiger partial charge on any atom is 0.0203 e. The molecule has 2 heteroatoms. The third kappa shape index (κ3) is 3.13. The molecule has 1 saturated carbocycles. The van der Waals surface area contributed by atoms with E-state index in [1.165, 1.54) is 44.4 Å². The Morgan fingerprint density at radius 3 is 3.00 bits per heavy atom. The Bertz CT molecular complexity index is 195. The molecule has 1 aliphatic carbocycles. The molecule has 2 rings (SSSR count). The van der Waals surface area contributed by atoms with Crippen molar-refractivity contribution in [1.82, 2.24) is 5.32 Å². The van der Waals surface area contributed by atoms with E-state index in [1.807, 2.05) is 0 Å². The number of rotatable bonds is 2. The quantitative estimate of drug-likeness (QED) is 0.777. The Morgan fingerprint density at radius 2 is 2.20 bits per heavy atom. The Labute approximate surface area is 98.8 Å². The molecule has 15 heavy (non-hydrogen) atoms. The number of thioether (sulfide) groups is 1. The first kappa shape index (κ1) is 11.8. The number of fused-ring (bicyclic) bond motifs is 1. The second-order valence-corrected chi connectivity index (χ2v) is 6.73. The van der Waals surface area contributed by atoms with E-state index in [0.717, 1.165) is 23.1 Å². The minimum Gasteiger partial charge on any atom is -0.313 e. The lowest BCUT2D eigenvalue weighted by molar-refractivity contribution is 0.286. The van der Waals surface area contributed by atoms with Crippen molar-refractivity contribution in [3.8, 4) is 0 Å². The van der Waals surface area contributed by atoms with Crippen molar-refractivity contribution in [1.29, 1.82) is 0 Å². The summed E-state index contributed by atoms with van der Waals surface area (Å²) in [4.78, 5) is 0. The molecular weight excluding hydrogens is 202 g/mol. The first-order chi connectivity index (χ1) is 7.29. The fourth-order valence-corrected chi connectivity index (χ4v) is 4.57. The van der Waals surface area contributed by atoms with Crippen LogP contribution in [0.25, 0.3) is 0 Å². The zero-order valence-corrected chi connectivity index (χ0v) is 11.0. The van der Waals surface area contributed by atoms with Gasteiger partial charge in [0.05, 0.1) is 0 Å². The van der Waals surface area contributed by atoms with Crippen LogP contribution in [0.1, 0.15) is 46.0 Å². The average molecular weight is 227 g/mol. The molecule has 1 N–H and O–H groups in total. The van der Waals surface area contributed by atoms with Crippen LogP contribution in [0.2, 0.25) is 0 Å². The second-order valence-electron chi connectivity index (χ2n) is 5.46. The molecule has 0 radical (unpaired) electrons. The van der Waals surface area contributed by atoms with E-state index in [0.29, 0.717) is 0 Å². The van der Waals surface area contributed by atoms with Gasteiger partial charge in [0.15, 0.2) is 0 Å². The highest BCUT2D eigenvalue weighted by Crippen LogP contribution is 2.36. The molecule has 4 atom stereocenters. The summed E-state index contributed by atoms with van der Waals surface area (Å²) < 4.78 is 0. The van der Waals surface area contributed by atoms with Crippen LogP contribution in [0.3, 0.4) is 0 Å². The molecule has 0 amide bonds. The van der Waals surface area contributed by atoms with Crippen molar-refractivity contribution in [2.45, 2.75) is 57.2 Å². The Hall–Kier alpha value is 0.310. The molecule has 2 fully saturated rings. The van der Waals surface area contributed by atoms with Crippen LogP contribution >= 0.6 is 11.8 Å². The van der Waals surface area contributed by atoms with Crippen molar-refractivity contribution < 1.29 is 0 Å². The van der Waals surface area contributed by atoms with Gasteiger partial charge in [-0.1, -0.05) is 26.7 Å². The summed E-state index contributed by atoms with van der Waals surface area (Å²) in [7, 11) is 0. The maximum absolute atomic E-state index is 3.78. The van der Waals surface area contributed by atoms with Crippen LogP contribution in [-0.4, -0.2) is 23.6 Å². The molecule has 4 unspecified atom stereocenters. The second kappa shape index (κ2) is 5.58. The number of hydrogen-bond donors (Lipinski definition) is 1. The lowest BCUT2D eigenvalue weighted by Crippen LogP contribution is -2.42. The molecule has 0 aromatic carbocycles. The summed E-state index contributed by atoms with van der Waals surface area (Å²) in [6, 6.07) is 0.827.